The van der Waals surface area contributed by atoms with Gasteiger partial charge in [0.1, 0.15) is 5.78 Å². The van der Waals surface area contributed by atoms with Crippen LogP contribution in [0.15, 0.2) is 0 Å². The molecule has 0 spiro atoms. The Morgan fingerprint density at radius 3 is 2.72 bits per heavy atom. The molecular weight excluding hydrogens is 236 g/mol. The van der Waals surface area contributed by atoms with E-state index < -0.39 is 5.92 Å². The van der Waals surface area contributed by atoms with E-state index in [9.17, 15) is 13.6 Å². The number of carbonyl (C=O) groups excluding carboxylic acids is 1. The lowest BCUT2D eigenvalue weighted by molar-refractivity contribution is -0.126. The fraction of sp³-hybridized carbons (Fsp3) is 0.929. The van der Waals surface area contributed by atoms with E-state index in [-0.39, 0.29) is 30.5 Å². The number of halogens is 2. The Balaban J connectivity index is 1.55. The second kappa shape index (κ2) is 4.55. The molecule has 0 aromatic carbocycles. The Morgan fingerprint density at radius 1 is 1.28 bits per heavy atom. The van der Waals surface area contributed by atoms with Gasteiger partial charge in [0.05, 0.1) is 0 Å². The van der Waals surface area contributed by atoms with Crippen LogP contribution in [0.25, 0.3) is 0 Å². The Hall–Kier alpha value is -0.510. The number of nitrogens with one attached hydrogen (secondary N) is 1. The minimum absolute atomic E-state index is 0.00732. The Labute approximate surface area is 107 Å². The summed E-state index contributed by atoms with van der Waals surface area (Å²) in [5.74, 6) is -2.27. The summed E-state index contributed by atoms with van der Waals surface area (Å²) < 4.78 is 26.6. The lowest BCUT2D eigenvalue weighted by Crippen LogP contribution is -2.32. The number of ketones is 1. The highest BCUT2D eigenvalue weighted by molar-refractivity contribution is 5.82. The van der Waals surface area contributed by atoms with E-state index in [1.165, 1.54) is 6.42 Å². The zero-order valence-electron chi connectivity index (χ0n) is 10.6. The van der Waals surface area contributed by atoms with Crippen LogP contribution in [0.4, 0.5) is 8.78 Å². The van der Waals surface area contributed by atoms with Crippen molar-refractivity contribution in [3.8, 4) is 0 Å². The molecule has 4 unspecified atom stereocenters. The summed E-state index contributed by atoms with van der Waals surface area (Å²) in [5, 5.41) is 3.44. The first-order valence-corrected chi connectivity index (χ1v) is 7.20. The number of carbonyl (C=O) groups is 1. The maximum absolute atomic E-state index is 13.3. The van der Waals surface area contributed by atoms with Crippen molar-refractivity contribution in [1.82, 2.24) is 5.32 Å². The van der Waals surface area contributed by atoms with Gasteiger partial charge in [0.25, 0.3) is 0 Å². The molecule has 4 atom stereocenters. The standard InChI is InChI=1S/C14H21F2NO/c15-14(16)5-1-2-9(8-14)6-13(18)11-7-10-3-4-12(11)17-10/h9-12,17H,1-8H2. The van der Waals surface area contributed by atoms with Crippen LogP contribution < -0.4 is 5.32 Å². The first-order chi connectivity index (χ1) is 8.53. The first-order valence-electron chi connectivity index (χ1n) is 7.20. The second-order valence-corrected chi connectivity index (χ2v) is 6.38. The third-order valence-corrected chi connectivity index (χ3v) is 4.95. The van der Waals surface area contributed by atoms with Crippen molar-refractivity contribution in [2.24, 2.45) is 11.8 Å². The normalized spacial score (nSPS) is 42.1. The van der Waals surface area contributed by atoms with E-state index in [1.54, 1.807) is 0 Å². The summed E-state index contributed by atoms with van der Waals surface area (Å²) in [4.78, 5) is 12.2. The van der Waals surface area contributed by atoms with Crippen LogP contribution in [0.1, 0.15) is 51.4 Å². The molecule has 2 aliphatic heterocycles. The Bertz CT molecular complexity index is 345. The van der Waals surface area contributed by atoms with Gasteiger partial charge in [0.15, 0.2) is 0 Å². The van der Waals surface area contributed by atoms with Gasteiger partial charge in [-0.15, -0.1) is 0 Å². The van der Waals surface area contributed by atoms with E-state index >= 15 is 0 Å². The SMILES string of the molecule is O=C(CC1CCCC(F)(F)C1)C1CC2CCC1N2. The van der Waals surface area contributed by atoms with Gasteiger partial charge in [-0.3, -0.25) is 4.79 Å². The molecular formula is C14H21F2NO. The largest absolute Gasteiger partial charge is 0.310 e. The summed E-state index contributed by atoms with van der Waals surface area (Å²) in [6, 6.07) is 0.850. The number of Topliss-reactive ketones (excluding diaryl/α,β-unsaturated/α-hetero) is 1. The zero-order valence-corrected chi connectivity index (χ0v) is 10.6. The van der Waals surface area contributed by atoms with E-state index in [0.29, 0.717) is 24.9 Å². The molecule has 2 bridgehead atoms. The van der Waals surface area contributed by atoms with Crippen molar-refractivity contribution >= 4 is 5.78 Å². The summed E-state index contributed by atoms with van der Waals surface area (Å²) in [5.41, 5.74) is 0. The average Bonchev–Trinajstić information content (AvgIpc) is 2.89. The molecule has 0 amide bonds. The number of alkyl halides is 2. The molecule has 2 nitrogen and oxygen atoms in total. The van der Waals surface area contributed by atoms with Crippen molar-refractivity contribution in [1.29, 1.82) is 0 Å². The van der Waals surface area contributed by atoms with E-state index in [4.69, 9.17) is 0 Å². The van der Waals surface area contributed by atoms with Crippen LogP contribution in [0, 0.1) is 11.8 Å². The molecule has 4 heteroatoms. The van der Waals surface area contributed by atoms with Gasteiger partial charge >= 0.3 is 0 Å². The van der Waals surface area contributed by atoms with Crippen molar-refractivity contribution in [3.05, 3.63) is 0 Å². The van der Waals surface area contributed by atoms with Crippen molar-refractivity contribution in [2.45, 2.75) is 69.4 Å². The van der Waals surface area contributed by atoms with Crippen LogP contribution in [0.2, 0.25) is 0 Å². The van der Waals surface area contributed by atoms with Gasteiger partial charge in [-0.25, -0.2) is 8.78 Å². The predicted molar refractivity (Wildman–Crippen MR) is 64.6 cm³/mol. The quantitative estimate of drug-likeness (QED) is 0.842. The minimum atomic E-state index is -2.53. The highest BCUT2D eigenvalue weighted by Crippen LogP contribution is 2.40. The molecule has 3 aliphatic rings. The molecule has 3 rings (SSSR count). The molecule has 1 aliphatic carbocycles. The second-order valence-electron chi connectivity index (χ2n) is 6.38. The summed E-state index contributed by atoms with van der Waals surface area (Å²) >= 11 is 0. The van der Waals surface area contributed by atoms with Gasteiger partial charge in [-0.1, -0.05) is 0 Å². The van der Waals surface area contributed by atoms with E-state index in [1.807, 2.05) is 0 Å². The van der Waals surface area contributed by atoms with Gasteiger partial charge in [0, 0.05) is 37.3 Å². The van der Waals surface area contributed by atoms with Crippen molar-refractivity contribution < 1.29 is 13.6 Å². The summed E-state index contributed by atoms with van der Waals surface area (Å²) in [6.07, 6.45) is 4.88. The number of fused-ring (bicyclic) bond motifs is 2. The van der Waals surface area contributed by atoms with E-state index in [0.717, 1.165) is 19.3 Å². The number of rotatable bonds is 3. The molecule has 2 saturated heterocycles. The maximum Gasteiger partial charge on any atom is 0.248 e. The first kappa shape index (κ1) is 12.5. The monoisotopic (exact) mass is 257 g/mol. The van der Waals surface area contributed by atoms with Gasteiger partial charge in [-0.05, 0) is 38.0 Å². The molecule has 0 radical (unpaired) electrons. The summed E-state index contributed by atoms with van der Waals surface area (Å²) in [7, 11) is 0. The topological polar surface area (TPSA) is 29.1 Å². The van der Waals surface area contributed by atoms with Crippen LogP contribution >= 0.6 is 0 Å². The fourth-order valence-electron chi connectivity index (χ4n) is 4.07. The summed E-state index contributed by atoms with van der Waals surface area (Å²) in [6.45, 7) is 0. The predicted octanol–water partition coefficient (Wildman–Crippen LogP) is 2.91. The number of hydrogen-bond donors (Lipinski definition) is 1. The third-order valence-electron chi connectivity index (χ3n) is 4.95. The van der Waals surface area contributed by atoms with Crippen LogP contribution in [-0.4, -0.2) is 23.8 Å². The molecule has 3 fully saturated rings. The van der Waals surface area contributed by atoms with Crippen LogP contribution in [0.5, 0.6) is 0 Å². The minimum Gasteiger partial charge on any atom is -0.310 e. The van der Waals surface area contributed by atoms with Gasteiger partial charge < -0.3 is 5.32 Å². The molecule has 0 aromatic rings. The molecule has 0 aromatic heterocycles. The highest BCUT2D eigenvalue weighted by atomic mass is 19.3. The maximum atomic E-state index is 13.3. The Morgan fingerprint density at radius 2 is 2.11 bits per heavy atom. The smallest absolute Gasteiger partial charge is 0.248 e. The average molecular weight is 257 g/mol. The van der Waals surface area contributed by atoms with Crippen LogP contribution in [0.3, 0.4) is 0 Å². The van der Waals surface area contributed by atoms with Gasteiger partial charge in [0.2, 0.25) is 5.92 Å². The lowest BCUT2D eigenvalue weighted by atomic mass is 9.78. The molecule has 1 saturated carbocycles. The third kappa shape index (κ3) is 2.44. The molecule has 1 N–H and O–H groups in total. The highest BCUT2D eigenvalue weighted by Gasteiger charge is 2.44. The number of hydrogen-bond acceptors (Lipinski definition) is 2. The molecule has 2 heterocycles. The van der Waals surface area contributed by atoms with E-state index in [2.05, 4.69) is 5.32 Å². The molecule has 102 valence electrons. The van der Waals surface area contributed by atoms with Crippen LogP contribution in [-0.2, 0) is 4.79 Å². The molecule has 18 heavy (non-hydrogen) atoms. The lowest BCUT2D eigenvalue weighted by Gasteiger charge is -2.29. The van der Waals surface area contributed by atoms with Gasteiger partial charge in [-0.2, -0.15) is 0 Å². The van der Waals surface area contributed by atoms with Crippen molar-refractivity contribution in [2.75, 3.05) is 0 Å². The zero-order chi connectivity index (χ0) is 12.8. The fourth-order valence-corrected chi connectivity index (χ4v) is 4.07. The van der Waals surface area contributed by atoms with Crippen molar-refractivity contribution in [3.63, 3.8) is 0 Å². The Kier molecular flexibility index (Phi) is 3.16.